The Labute approximate surface area is 74.7 Å². The molecule has 0 bridgehead atoms. The molecule has 0 spiro atoms. The average molecular weight is 172 g/mol. The van der Waals surface area contributed by atoms with Gasteiger partial charge in [-0.15, -0.1) is 0 Å². The van der Waals surface area contributed by atoms with Gasteiger partial charge in [0.25, 0.3) is 0 Å². The number of ether oxygens (including phenoxy) is 1. The number of rotatable bonds is 7. The van der Waals surface area contributed by atoms with E-state index < -0.39 is 0 Å². The summed E-state index contributed by atoms with van der Waals surface area (Å²) in [5, 5.41) is 3.28. The van der Waals surface area contributed by atoms with Gasteiger partial charge in [0.15, 0.2) is 0 Å². The number of nitrogens with one attached hydrogen (secondary N) is 1. The normalized spacial score (nSPS) is 19.5. The van der Waals surface area contributed by atoms with E-state index >= 15 is 0 Å². The maximum absolute atomic E-state index is 5.45. The van der Waals surface area contributed by atoms with Crippen molar-refractivity contribution in [1.29, 1.82) is 0 Å². The minimum Gasteiger partial charge on any atom is -0.380 e. The Morgan fingerprint density at radius 2 is 2.33 bits per heavy atom. The SMILES string of the molecule is CC(CN)NCCOCC1CC1. The lowest BCUT2D eigenvalue weighted by molar-refractivity contribution is 0.124. The highest BCUT2D eigenvalue weighted by atomic mass is 16.5. The van der Waals surface area contributed by atoms with Crippen molar-refractivity contribution >= 4 is 0 Å². The van der Waals surface area contributed by atoms with Crippen molar-refractivity contribution in [3.05, 3.63) is 0 Å². The van der Waals surface area contributed by atoms with Gasteiger partial charge in [0.1, 0.15) is 0 Å². The number of nitrogens with two attached hydrogens (primary N) is 1. The molecule has 1 rings (SSSR count). The number of hydrogen-bond donors (Lipinski definition) is 2. The lowest BCUT2D eigenvalue weighted by Crippen LogP contribution is -2.35. The fourth-order valence-corrected chi connectivity index (χ4v) is 0.995. The van der Waals surface area contributed by atoms with E-state index in [0.29, 0.717) is 12.6 Å². The molecule has 0 aromatic heterocycles. The van der Waals surface area contributed by atoms with Crippen molar-refractivity contribution in [3.63, 3.8) is 0 Å². The Morgan fingerprint density at radius 3 is 2.92 bits per heavy atom. The summed E-state index contributed by atoms with van der Waals surface area (Å²) in [5.74, 6) is 0.872. The quantitative estimate of drug-likeness (QED) is 0.545. The molecule has 0 heterocycles. The van der Waals surface area contributed by atoms with E-state index in [9.17, 15) is 0 Å². The first-order chi connectivity index (χ1) is 5.83. The summed E-state index contributed by atoms with van der Waals surface area (Å²) in [6.45, 7) is 5.48. The summed E-state index contributed by atoms with van der Waals surface area (Å²) >= 11 is 0. The summed E-state index contributed by atoms with van der Waals surface area (Å²) in [5.41, 5.74) is 5.44. The Bertz CT molecular complexity index is 115. The van der Waals surface area contributed by atoms with E-state index in [0.717, 1.165) is 25.7 Å². The van der Waals surface area contributed by atoms with Gasteiger partial charge in [0.05, 0.1) is 6.61 Å². The molecular weight excluding hydrogens is 152 g/mol. The highest BCUT2D eigenvalue weighted by Gasteiger charge is 2.20. The van der Waals surface area contributed by atoms with Gasteiger partial charge in [-0.1, -0.05) is 0 Å². The molecule has 1 aliphatic rings. The third-order valence-electron chi connectivity index (χ3n) is 2.14. The fourth-order valence-electron chi connectivity index (χ4n) is 0.995. The van der Waals surface area contributed by atoms with E-state index in [1.807, 2.05) is 0 Å². The Morgan fingerprint density at radius 1 is 1.58 bits per heavy atom. The van der Waals surface area contributed by atoms with Crippen LogP contribution in [0.4, 0.5) is 0 Å². The molecule has 3 heteroatoms. The van der Waals surface area contributed by atoms with Crippen LogP contribution in [0.3, 0.4) is 0 Å². The van der Waals surface area contributed by atoms with Gasteiger partial charge < -0.3 is 15.8 Å². The molecule has 3 nitrogen and oxygen atoms in total. The Kier molecular flexibility index (Phi) is 4.58. The monoisotopic (exact) mass is 172 g/mol. The first-order valence-corrected chi connectivity index (χ1v) is 4.84. The molecule has 72 valence electrons. The van der Waals surface area contributed by atoms with Crippen molar-refractivity contribution in [3.8, 4) is 0 Å². The minimum atomic E-state index is 0.412. The van der Waals surface area contributed by atoms with Crippen LogP contribution < -0.4 is 11.1 Å². The lowest BCUT2D eigenvalue weighted by Gasteiger charge is -2.10. The predicted molar refractivity (Wildman–Crippen MR) is 50.1 cm³/mol. The van der Waals surface area contributed by atoms with Crippen LogP contribution in [0.2, 0.25) is 0 Å². The van der Waals surface area contributed by atoms with Crippen LogP contribution >= 0.6 is 0 Å². The van der Waals surface area contributed by atoms with Gasteiger partial charge >= 0.3 is 0 Å². The summed E-state index contributed by atoms with van der Waals surface area (Å²) in [6, 6.07) is 0.412. The average Bonchev–Trinajstić information content (AvgIpc) is 2.87. The molecule has 1 aliphatic carbocycles. The highest BCUT2D eigenvalue weighted by molar-refractivity contribution is 4.72. The largest absolute Gasteiger partial charge is 0.380 e. The van der Waals surface area contributed by atoms with Crippen molar-refractivity contribution < 1.29 is 4.74 Å². The van der Waals surface area contributed by atoms with Crippen LogP contribution in [0.25, 0.3) is 0 Å². The molecule has 1 saturated carbocycles. The van der Waals surface area contributed by atoms with Gasteiger partial charge in [-0.3, -0.25) is 0 Å². The summed E-state index contributed by atoms with van der Waals surface area (Å²) < 4.78 is 5.45. The molecule has 1 fully saturated rings. The van der Waals surface area contributed by atoms with Crippen LogP contribution in [-0.2, 0) is 4.74 Å². The second-order valence-electron chi connectivity index (χ2n) is 3.61. The van der Waals surface area contributed by atoms with Crippen LogP contribution in [-0.4, -0.2) is 32.3 Å². The molecule has 1 unspecified atom stereocenters. The molecule has 0 aromatic carbocycles. The predicted octanol–water partition coefficient (Wildman–Crippen LogP) is 0.350. The fraction of sp³-hybridized carbons (Fsp3) is 1.00. The van der Waals surface area contributed by atoms with Crippen LogP contribution in [0, 0.1) is 5.92 Å². The maximum Gasteiger partial charge on any atom is 0.0591 e. The Balaban J connectivity index is 1.75. The van der Waals surface area contributed by atoms with Crippen molar-refractivity contribution in [2.75, 3.05) is 26.3 Å². The van der Waals surface area contributed by atoms with E-state index in [4.69, 9.17) is 10.5 Å². The molecule has 12 heavy (non-hydrogen) atoms. The minimum absolute atomic E-state index is 0.412. The van der Waals surface area contributed by atoms with E-state index in [2.05, 4.69) is 12.2 Å². The molecule has 1 atom stereocenters. The van der Waals surface area contributed by atoms with Crippen molar-refractivity contribution in [2.45, 2.75) is 25.8 Å². The number of hydrogen-bond acceptors (Lipinski definition) is 3. The van der Waals surface area contributed by atoms with Gasteiger partial charge in [0, 0.05) is 25.7 Å². The second-order valence-corrected chi connectivity index (χ2v) is 3.61. The zero-order chi connectivity index (χ0) is 8.81. The van der Waals surface area contributed by atoms with Gasteiger partial charge in [-0.2, -0.15) is 0 Å². The van der Waals surface area contributed by atoms with E-state index in [1.165, 1.54) is 12.8 Å². The molecule has 0 radical (unpaired) electrons. The molecule has 0 aromatic rings. The molecule has 3 N–H and O–H groups in total. The topological polar surface area (TPSA) is 47.3 Å². The van der Waals surface area contributed by atoms with Crippen molar-refractivity contribution in [1.82, 2.24) is 5.32 Å². The highest BCUT2D eigenvalue weighted by Crippen LogP contribution is 2.28. The summed E-state index contributed by atoms with van der Waals surface area (Å²) in [4.78, 5) is 0. The van der Waals surface area contributed by atoms with Crippen LogP contribution in [0.15, 0.2) is 0 Å². The van der Waals surface area contributed by atoms with Crippen LogP contribution in [0.1, 0.15) is 19.8 Å². The second kappa shape index (κ2) is 5.51. The summed E-state index contributed by atoms with van der Waals surface area (Å²) in [6.07, 6.45) is 2.74. The van der Waals surface area contributed by atoms with Crippen LogP contribution in [0.5, 0.6) is 0 Å². The first-order valence-electron chi connectivity index (χ1n) is 4.84. The zero-order valence-electron chi connectivity index (χ0n) is 7.88. The third-order valence-corrected chi connectivity index (χ3v) is 2.14. The molecule has 0 saturated heterocycles. The lowest BCUT2D eigenvalue weighted by atomic mass is 10.3. The van der Waals surface area contributed by atoms with Gasteiger partial charge in [0.2, 0.25) is 0 Å². The van der Waals surface area contributed by atoms with Gasteiger partial charge in [-0.25, -0.2) is 0 Å². The summed E-state index contributed by atoms with van der Waals surface area (Å²) in [7, 11) is 0. The van der Waals surface area contributed by atoms with E-state index in [-0.39, 0.29) is 0 Å². The Hall–Kier alpha value is -0.120. The zero-order valence-corrected chi connectivity index (χ0v) is 7.88. The standard InChI is InChI=1S/C9H20N2O/c1-8(6-10)11-4-5-12-7-9-2-3-9/h8-9,11H,2-7,10H2,1H3. The molecule has 0 amide bonds. The third kappa shape index (κ3) is 4.70. The first kappa shape index (κ1) is 9.96. The van der Waals surface area contributed by atoms with Gasteiger partial charge in [-0.05, 0) is 25.7 Å². The van der Waals surface area contributed by atoms with E-state index in [1.54, 1.807) is 0 Å². The van der Waals surface area contributed by atoms with Crippen molar-refractivity contribution in [2.24, 2.45) is 11.7 Å². The maximum atomic E-state index is 5.45. The molecule has 0 aliphatic heterocycles. The smallest absolute Gasteiger partial charge is 0.0591 e. The molecular formula is C9H20N2O.